The topological polar surface area (TPSA) is 105 Å². The minimum Gasteiger partial charge on any atom is -0.546 e. The van der Waals surface area contributed by atoms with Crippen LogP contribution >= 0.6 is 0 Å². The van der Waals surface area contributed by atoms with E-state index >= 15 is 0 Å². The minimum absolute atomic E-state index is 0.0798. The molecule has 0 radical (unpaired) electrons. The van der Waals surface area contributed by atoms with Crippen LogP contribution in [0.2, 0.25) is 0 Å². The molecule has 0 unspecified atom stereocenters. The molecule has 1 aromatic rings. The lowest BCUT2D eigenvalue weighted by Gasteiger charge is -1.98. The van der Waals surface area contributed by atoms with Crippen molar-refractivity contribution in [3.05, 3.63) is 39.9 Å². The Morgan fingerprint density at radius 1 is 1.56 bits per heavy atom. The molecule has 16 heavy (non-hydrogen) atoms. The molecule has 0 aromatic heterocycles. The number of oxime groups is 1. The molecule has 0 saturated carbocycles. The highest BCUT2D eigenvalue weighted by Gasteiger charge is 2.03. The number of carboxylic acid groups (broad SMARTS) is 1. The van der Waals surface area contributed by atoms with E-state index in [1.54, 1.807) is 6.07 Å². The molecule has 0 aliphatic carbocycles. The third-order valence-corrected chi connectivity index (χ3v) is 1.54. The molecule has 0 fully saturated rings. The average Bonchev–Trinajstić information content (AvgIpc) is 2.24. The van der Waals surface area contributed by atoms with Crippen LogP contribution in [0.1, 0.15) is 5.56 Å². The van der Waals surface area contributed by atoms with Crippen molar-refractivity contribution < 1.29 is 19.7 Å². The Morgan fingerprint density at radius 3 is 2.94 bits per heavy atom. The molecule has 1 rings (SSSR count). The number of hydrogen-bond acceptors (Lipinski definition) is 6. The second-order valence-electron chi connectivity index (χ2n) is 2.73. The molecule has 0 spiro atoms. The van der Waals surface area contributed by atoms with Crippen molar-refractivity contribution in [2.24, 2.45) is 5.16 Å². The van der Waals surface area contributed by atoms with Gasteiger partial charge in [-0.1, -0.05) is 17.3 Å². The van der Waals surface area contributed by atoms with E-state index in [-0.39, 0.29) is 5.69 Å². The van der Waals surface area contributed by atoms with Gasteiger partial charge in [0.2, 0.25) is 0 Å². The number of nitro groups is 1. The van der Waals surface area contributed by atoms with E-state index < -0.39 is 17.5 Å². The number of aliphatic carboxylic acids is 1. The lowest BCUT2D eigenvalue weighted by Crippen LogP contribution is -2.26. The van der Waals surface area contributed by atoms with E-state index in [0.29, 0.717) is 5.56 Å². The van der Waals surface area contributed by atoms with Crippen LogP contribution in [0.15, 0.2) is 29.4 Å². The molecular formula is C9H7N2O5-. The molecule has 0 aliphatic rings. The summed E-state index contributed by atoms with van der Waals surface area (Å²) in [5.41, 5.74) is 0.358. The van der Waals surface area contributed by atoms with Crippen LogP contribution in [0.4, 0.5) is 5.69 Å². The zero-order valence-corrected chi connectivity index (χ0v) is 8.03. The van der Waals surface area contributed by atoms with Crippen LogP contribution in [0.25, 0.3) is 0 Å². The summed E-state index contributed by atoms with van der Waals surface area (Å²) in [6.07, 6.45) is 1.18. The number of benzene rings is 1. The number of nitrogens with zero attached hydrogens (tertiary/aromatic N) is 2. The highest BCUT2D eigenvalue weighted by molar-refractivity contribution is 5.80. The Kier molecular flexibility index (Phi) is 3.96. The van der Waals surface area contributed by atoms with Crippen molar-refractivity contribution in [3.63, 3.8) is 0 Å². The van der Waals surface area contributed by atoms with E-state index in [1.165, 1.54) is 24.4 Å². The molecule has 0 bridgehead atoms. The van der Waals surface area contributed by atoms with Gasteiger partial charge in [0.25, 0.3) is 5.69 Å². The third-order valence-electron chi connectivity index (χ3n) is 1.54. The van der Waals surface area contributed by atoms with Gasteiger partial charge in [-0.05, 0) is 0 Å². The molecule has 0 amide bonds. The molecular weight excluding hydrogens is 216 g/mol. The summed E-state index contributed by atoms with van der Waals surface area (Å²) in [4.78, 5) is 24.2. The summed E-state index contributed by atoms with van der Waals surface area (Å²) in [5, 5.41) is 23.7. The number of carbonyl (C=O) groups excluding carboxylic acids is 1. The lowest BCUT2D eigenvalue weighted by molar-refractivity contribution is -0.384. The van der Waals surface area contributed by atoms with Crippen molar-refractivity contribution in [1.29, 1.82) is 0 Å². The van der Waals surface area contributed by atoms with Crippen LogP contribution in [0, 0.1) is 10.1 Å². The first kappa shape index (κ1) is 11.6. The molecule has 0 aliphatic heterocycles. The van der Waals surface area contributed by atoms with Crippen LogP contribution in [-0.2, 0) is 9.63 Å². The zero-order chi connectivity index (χ0) is 12.0. The number of hydrogen-bond donors (Lipinski definition) is 0. The molecule has 0 atom stereocenters. The normalized spacial score (nSPS) is 10.2. The second kappa shape index (κ2) is 5.44. The average molecular weight is 223 g/mol. The molecule has 0 saturated heterocycles. The molecule has 7 nitrogen and oxygen atoms in total. The summed E-state index contributed by atoms with van der Waals surface area (Å²) >= 11 is 0. The monoisotopic (exact) mass is 223 g/mol. The van der Waals surface area contributed by atoms with E-state index in [0.717, 1.165) is 0 Å². The van der Waals surface area contributed by atoms with E-state index in [1.807, 2.05) is 0 Å². The third kappa shape index (κ3) is 3.74. The lowest BCUT2D eigenvalue weighted by atomic mass is 10.2. The largest absolute Gasteiger partial charge is 0.546 e. The van der Waals surface area contributed by atoms with Gasteiger partial charge in [-0.3, -0.25) is 10.1 Å². The molecule has 1 aromatic carbocycles. The van der Waals surface area contributed by atoms with Gasteiger partial charge in [-0.15, -0.1) is 0 Å². The van der Waals surface area contributed by atoms with Gasteiger partial charge in [0.15, 0.2) is 6.61 Å². The van der Waals surface area contributed by atoms with Crippen molar-refractivity contribution in [3.8, 4) is 0 Å². The Morgan fingerprint density at radius 2 is 2.31 bits per heavy atom. The summed E-state index contributed by atoms with van der Waals surface area (Å²) in [6, 6.07) is 5.67. The van der Waals surface area contributed by atoms with Gasteiger partial charge >= 0.3 is 0 Å². The molecule has 0 N–H and O–H groups in total. The Hall–Kier alpha value is -2.44. The standard InChI is InChI=1S/C9H8N2O5/c12-9(13)6-16-10-5-7-2-1-3-8(4-7)11(14)15/h1-5H,6H2,(H,12,13)/p-1/b10-5+. The first-order valence-corrected chi connectivity index (χ1v) is 4.19. The quantitative estimate of drug-likeness (QED) is 0.387. The second-order valence-corrected chi connectivity index (χ2v) is 2.73. The molecule has 0 heterocycles. The van der Waals surface area contributed by atoms with Gasteiger partial charge < -0.3 is 14.7 Å². The Bertz CT molecular complexity index is 430. The first-order valence-electron chi connectivity index (χ1n) is 4.19. The number of carboxylic acids is 1. The van der Waals surface area contributed by atoms with Crippen LogP contribution in [-0.4, -0.2) is 23.7 Å². The van der Waals surface area contributed by atoms with Gasteiger partial charge in [0.05, 0.1) is 17.1 Å². The van der Waals surface area contributed by atoms with E-state index in [2.05, 4.69) is 9.99 Å². The first-order chi connectivity index (χ1) is 7.59. The SMILES string of the molecule is O=C([O-])CO/N=C/c1cccc([N+](=O)[O-])c1. The Labute approximate surface area is 90.1 Å². The van der Waals surface area contributed by atoms with Crippen molar-refractivity contribution in [1.82, 2.24) is 0 Å². The number of rotatable bonds is 5. The maximum atomic E-state index is 10.4. The van der Waals surface area contributed by atoms with Gasteiger partial charge in [-0.2, -0.15) is 0 Å². The zero-order valence-electron chi connectivity index (χ0n) is 8.03. The fourth-order valence-electron chi connectivity index (χ4n) is 0.907. The van der Waals surface area contributed by atoms with Crippen molar-refractivity contribution in [2.45, 2.75) is 0 Å². The van der Waals surface area contributed by atoms with Crippen molar-refractivity contribution in [2.75, 3.05) is 6.61 Å². The highest BCUT2D eigenvalue weighted by atomic mass is 16.6. The maximum Gasteiger partial charge on any atom is 0.270 e. The maximum absolute atomic E-state index is 10.4. The minimum atomic E-state index is -1.39. The van der Waals surface area contributed by atoms with Crippen LogP contribution in [0.3, 0.4) is 0 Å². The van der Waals surface area contributed by atoms with Gasteiger partial charge in [0.1, 0.15) is 0 Å². The number of nitro benzene ring substituents is 1. The summed E-state index contributed by atoms with van der Waals surface area (Å²) in [6.45, 7) is -0.661. The van der Waals surface area contributed by atoms with E-state index in [4.69, 9.17) is 0 Å². The van der Waals surface area contributed by atoms with E-state index in [9.17, 15) is 20.0 Å². The van der Waals surface area contributed by atoms with Crippen LogP contribution in [0.5, 0.6) is 0 Å². The Balaban J connectivity index is 2.63. The predicted octanol–water partition coefficient (Wildman–Crippen LogP) is -0.305. The van der Waals surface area contributed by atoms with Crippen LogP contribution < -0.4 is 5.11 Å². The molecule has 84 valence electrons. The number of non-ortho nitro benzene ring substituents is 1. The predicted molar refractivity (Wildman–Crippen MR) is 51.6 cm³/mol. The fourth-order valence-corrected chi connectivity index (χ4v) is 0.907. The smallest absolute Gasteiger partial charge is 0.270 e. The van der Waals surface area contributed by atoms with Gasteiger partial charge in [0, 0.05) is 17.7 Å². The summed E-state index contributed by atoms with van der Waals surface area (Å²) < 4.78 is 0. The highest BCUT2D eigenvalue weighted by Crippen LogP contribution is 2.11. The summed E-state index contributed by atoms with van der Waals surface area (Å²) in [5.74, 6) is -1.39. The van der Waals surface area contributed by atoms with Crippen molar-refractivity contribution >= 4 is 17.9 Å². The summed E-state index contributed by atoms with van der Waals surface area (Å²) in [7, 11) is 0. The number of carbonyl (C=O) groups is 1. The molecule has 7 heteroatoms. The fraction of sp³-hybridized carbons (Fsp3) is 0.111. The van der Waals surface area contributed by atoms with Gasteiger partial charge in [-0.25, -0.2) is 0 Å².